The molecular weight excluding hydrogens is 320 g/mol. The summed E-state index contributed by atoms with van der Waals surface area (Å²) in [5.41, 5.74) is 2.87. The highest BCUT2D eigenvalue weighted by Crippen LogP contribution is 2.31. The maximum atomic E-state index is 12.8. The normalized spacial score (nSPS) is 22.0. The molecule has 2 atom stereocenters. The van der Waals surface area contributed by atoms with E-state index < -0.39 is 0 Å². The predicted octanol–water partition coefficient (Wildman–Crippen LogP) is 5.01. The van der Waals surface area contributed by atoms with Gasteiger partial charge in [0.1, 0.15) is 0 Å². The quantitative estimate of drug-likeness (QED) is 0.564. The van der Waals surface area contributed by atoms with Gasteiger partial charge in [0, 0.05) is 36.7 Å². The first-order chi connectivity index (χ1) is 11.6. The third-order valence-electron chi connectivity index (χ3n) is 5.31. The van der Waals surface area contributed by atoms with E-state index >= 15 is 0 Å². The molecule has 1 aliphatic rings. The molecule has 0 bridgehead atoms. The van der Waals surface area contributed by atoms with Crippen LogP contribution >= 0.6 is 11.8 Å². The van der Waals surface area contributed by atoms with Crippen molar-refractivity contribution in [3.8, 4) is 0 Å². The van der Waals surface area contributed by atoms with Gasteiger partial charge in [-0.3, -0.25) is 9.78 Å². The molecule has 128 valence electrons. The number of Topliss-reactive ketones (excluding diaryl/α,β-unsaturated/α-hetero) is 1. The Balaban J connectivity index is 1.72. The summed E-state index contributed by atoms with van der Waals surface area (Å²) in [6.07, 6.45) is 5.52. The van der Waals surface area contributed by atoms with Crippen LogP contribution < -0.4 is 0 Å². The SMILES string of the molecule is CC[C@H]1CN(Cl)CC[C@H]1CCC(=O)c1ccnc2ccc(C)cc12. The van der Waals surface area contributed by atoms with Crippen molar-refractivity contribution in [2.75, 3.05) is 13.1 Å². The second-order valence-electron chi connectivity index (χ2n) is 6.93. The number of hydrogen-bond donors (Lipinski definition) is 0. The number of aromatic nitrogens is 1. The maximum Gasteiger partial charge on any atom is 0.163 e. The first kappa shape index (κ1) is 17.4. The van der Waals surface area contributed by atoms with Crippen LogP contribution in [-0.2, 0) is 0 Å². The van der Waals surface area contributed by atoms with Gasteiger partial charge in [0.25, 0.3) is 0 Å². The van der Waals surface area contributed by atoms with Gasteiger partial charge < -0.3 is 0 Å². The van der Waals surface area contributed by atoms with Gasteiger partial charge in [-0.2, -0.15) is 0 Å². The Labute approximate surface area is 149 Å². The summed E-state index contributed by atoms with van der Waals surface area (Å²) in [5.74, 6) is 1.43. The first-order valence-corrected chi connectivity index (χ1v) is 9.21. The van der Waals surface area contributed by atoms with Crippen molar-refractivity contribution in [2.24, 2.45) is 11.8 Å². The molecule has 0 saturated carbocycles. The maximum absolute atomic E-state index is 12.8. The van der Waals surface area contributed by atoms with E-state index in [2.05, 4.69) is 18.0 Å². The number of carbonyl (C=O) groups is 1. The largest absolute Gasteiger partial charge is 0.294 e. The van der Waals surface area contributed by atoms with Gasteiger partial charge in [0.05, 0.1) is 5.52 Å². The summed E-state index contributed by atoms with van der Waals surface area (Å²) < 4.78 is 1.89. The lowest BCUT2D eigenvalue weighted by molar-refractivity contribution is 0.0954. The van der Waals surface area contributed by atoms with Gasteiger partial charge in [-0.25, -0.2) is 4.42 Å². The molecule has 3 rings (SSSR count). The van der Waals surface area contributed by atoms with E-state index in [0.29, 0.717) is 18.3 Å². The predicted molar refractivity (Wildman–Crippen MR) is 99.4 cm³/mol. The van der Waals surface area contributed by atoms with Crippen molar-refractivity contribution in [2.45, 2.75) is 39.5 Å². The van der Waals surface area contributed by atoms with E-state index in [-0.39, 0.29) is 5.78 Å². The second kappa shape index (κ2) is 7.62. The lowest BCUT2D eigenvalue weighted by Crippen LogP contribution is -2.35. The van der Waals surface area contributed by atoms with Gasteiger partial charge in [-0.05, 0) is 61.6 Å². The van der Waals surface area contributed by atoms with Crippen molar-refractivity contribution >= 4 is 28.5 Å². The van der Waals surface area contributed by atoms with Crippen molar-refractivity contribution in [3.05, 3.63) is 41.6 Å². The standard InChI is InChI=1S/C20H25ClN2O/c1-3-15-13-23(21)11-9-16(15)5-7-20(24)17-8-10-22-19-6-4-14(2)12-18(17)19/h4,6,8,10,12,15-16H,3,5,7,9,11,13H2,1-2H3/t15-,16+/m0/s1. The van der Waals surface area contributed by atoms with Gasteiger partial charge in [-0.15, -0.1) is 0 Å². The van der Waals surface area contributed by atoms with Crippen LogP contribution in [0.3, 0.4) is 0 Å². The Morgan fingerprint density at radius 3 is 2.96 bits per heavy atom. The molecule has 2 aromatic rings. The van der Waals surface area contributed by atoms with Crippen LogP contribution in [0.5, 0.6) is 0 Å². The zero-order chi connectivity index (χ0) is 17.1. The summed E-state index contributed by atoms with van der Waals surface area (Å²) in [7, 11) is 0. The van der Waals surface area contributed by atoms with E-state index in [0.717, 1.165) is 54.4 Å². The van der Waals surface area contributed by atoms with Crippen LogP contribution in [0, 0.1) is 18.8 Å². The van der Waals surface area contributed by atoms with Crippen LogP contribution in [0.4, 0.5) is 0 Å². The Hall–Kier alpha value is -1.45. The molecule has 1 saturated heterocycles. The van der Waals surface area contributed by atoms with E-state index in [1.165, 1.54) is 0 Å². The molecule has 2 heterocycles. The topological polar surface area (TPSA) is 33.2 Å². The Morgan fingerprint density at radius 1 is 1.33 bits per heavy atom. The number of carbonyl (C=O) groups excluding carboxylic acids is 1. The molecule has 0 unspecified atom stereocenters. The molecule has 0 aliphatic carbocycles. The third kappa shape index (κ3) is 3.79. The Bertz CT molecular complexity index is 731. The number of aryl methyl sites for hydroxylation is 1. The van der Waals surface area contributed by atoms with Crippen molar-refractivity contribution in [1.29, 1.82) is 0 Å². The highest BCUT2D eigenvalue weighted by Gasteiger charge is 2.27. The number of pyridine rings is 1. The number of benzene rings is 1. The molecule has 0 N–H and O–H groups in total. The molecule has 1 aromatic carbocycles. The summed E-state index contributed by atoms with van der Waals surface area (Å²) in [6, 6.07) is 7.96. The molecule has 1 aliphatic heterocycles. The number of fused-ring (bicyclic) bond motifs is 1. The zero-order valence-electron chi connectivity index (χ0n) is 14.5. The van der Waals surface area contributed by atoms with Crippen LogP contribution in [-0.4, -0.2) is 28.3 Å². The van der Waals surface area contributed by atoms with Gasteiger partial charge >= 0.3 is 0 Å². The molecule has 0 spiro atoms. The number of piperidine rings is 1. The average molecular weight is 345 g/mol. The van der Waals surface area contributed by atoms with Crippen molar-refractivity contribution < 1.29 is 4.79 Å². The molecule has 0 amide bonds. The second-order valence-corrected chi connectivity index (χ2v) is 7.40. The number of hydrogen-bond acceptors (Lipinski definition) is 3. The van der Waals surface area contributed by atoms with E-state index in [1.54, 1.807) is 6.20 Å². The lowest BCUT2D eigenvalue weighted by atomic mass is 9.81. The summed E-state index contributed by atoms with van der Waals surface area (Å²) in [5, 5.41) is 0.977. The lowest BCUT2D eigenvalue weighted by Gasteiger charge is -2.34. The minimum atomic E-state index is 0.233. The minimum absolute atomic E-state index is 0.233. The smallest absolute Gasteiger partial charge is 0.163 e. The van der Waals surface area contributed by atoms with Crippen LogP contribution in [0.2, 0.25) is 0 Å². The van der Waals surface area contributed by atoms with Crippen molar-refractivity contribution in [3.63, 3.8) is 0 Å². The molecule has 3 nitrogen and oxygen atoms in total. The zero-order valence-corrected chi connectivity index (χ0v) is 15.2. The number of ketones is 1. The van der Waals surface area contributed by atoms with Crippen molar-refractivity contribution in [1.82, 2.24) is 9.40 Å². The molecule has 24 heavy (non-hydrogen) atoms. The third-order valence-corrected chi connectivity index (χ3v) is 5.61. The van der Waals surface area contributed by atoms with Gasteiger partial charge in [-0.1, -0.05) is 25.0 Å². The van der Waals surface area contributed by atoms with Gasteiger partial charge in [0.2, 0.25) is 0 Å². The first-order valence-electron chi connectivity index (χ1n) is 8.87. The van der Waals surface area contributed by atoms with Crippen LogP contribution in [0.15, 0.2) is 30.5 Å². The highest BCUT2D eigenvalue weighted by atomic mass is 35.5. The molecular formula is C20H25ClN2O. The molecule has 1 fully saturated rings. The minimum Gasteiger partial charge on any atom is -0.294 e. The monoisotopic (exact) mass is 344 g/mol. The fraction of sp³-hybridized carbons (Fsp3) is 0.500. The number of rotatable bonds is 5. The molecule has 1 aromatic heterocycles. The fourth-order valence-corrected chi connectivity index (χ4v) is 4.11. The van der Waals surface area contributed by atoms with E-state index in [9.17, 15) is 4.79 Å². The molecule has 4 heteroatoms. The molecule has 0 radical (unpaired) electrons. The van der Waals surface area contributed by atoms with Gasteiger partial charge in [0.15, 0.2) is 5.78 Å². The summed E-state index contributed by atoms with van der Waals surface area (Å²) in [4.78, 5) is 17.2. The summed E-state index contributed by atoms with van der Waals surface area (Å²) in [6.45, 7) is 6.13. The number of halogens is 1. The highest BCUT2D eigenvalue weighted by molar-refractivity contribution is 6.13. The van der Waals surface area contributed by atoms with E-state index in [1.807, 2.05) is 29.5 Å². The van der Waals surface area contributed by atoms with Crippen LogP contribution in [0.25, 0.3) is 10.9 Å². The Kier molecular flexibility index (Phi) is 5.52. The number of nitrogens with zero attached hydrogens (tertiary/aromatic N) is 2. The summed E-state index contributed by atoms with van der Waals surface area (Å²) >= 11 is 6.15. The van der Waals surface area contributed by atoms with E-state index in [4.69, 9.17) is 11.8 Å². The van der Waals surface area contributed by atoms with Crippen LogP contribution in [0.1, 0.15) is 48.5 Å². The average Bonchev–Trinajstić information content (AvgIpc) is 2.59. The Morgan fingerprint density at radius 2 is 2.17 bits per heavy atom. The fourth-order valence-electron chi connectivity index (χ4n) is 3.83.